The molecule has 0 aliphatic carbocycles. The molecule has 2 aromatic heterocycles. The van der Waals surface area contributed by atoms with Crippen LogP contribution in [0.4, 0.5) is 0 Å². The number of halogens is 1. The van der Waals surface area contributed by atoms with Gasteiger partial charge in [0.2, 0.25) is 0 Å². The van der Waals surface area contributed by atoms with Crippen LogP contribution in [0, 0.1) is 0 Å². The van der Waals surface area contributed by atoms with Crippen LogP contribution in [-0.2, 0) is 6.54 Å². The second-order valence-electron chi connectivity index (χ2n) is 4.38. The predicted octanol–water partition coefficient (Wildman–Crippen LogP) is 3.13. The summed E-state index contributed by atoms with van der Waals surface area (Å²) in [6.45, 7) is 2.38. The fourth-order valence-corrected chi connectivity index (χ4v) is 2.36. The minimum absolute atomic E-state index is 0.172. The SMILES string of the molecule is CCn1nc(-c2cccc(Cl)c2)c2cccnc2c1=O. The molecule has 3 aromatic rings. The summed E-state index contributed by atoms with van der Waals surface area (Å²) >= 11 is 6.04. The molecule has 0 bridgehead atoms. The number of hydrogen-bond acceptors (Lipinski definition) is 3. The number of hydrogen-bond donors (Lipinski definition) is 0. The van der Waals surface area contributed by atoms with E-state index in [1.807, 2.05) is 31.2 Å². The molecular formula is C15H12ClN3O. The Labute approximate surface area is 120 Å². The molecule has 3 rings (SSSR count). The summed E-state index contributed by atoms with van der Waals surface area (Å²) < 4.78 is 1.42. The smallest absolute Gasteiger partial charge is 0.265 e. The highest BCUT2D eigenvalue weighted by molar-refractivity contribution is 6.30. The van der Waals surface area contributed by atoms with Gasteiger partial charge in [0.25, 0.3) is 5.56 Å². The van der Waals surface area contributed by atoms with Gasteiger partial charge in [0.15, 0.2) is 0 Å². The third kappa shape index (κ3) is 2.08. The fraction of sp³-hybridized carbons (Fsp3) is 0.133. The summed E-state index contributed by atoms with van der Waals surface area (Å²) in [6, 6.07) is 11.1. The van der Waals surface area contributed by atoms with E-state index in [-0.39, 0.29) is 5.56 Å². The molecule has 0 atom stereocenters. The third-order valence-electron chi connectivity index (χ3n) is 3.12. The van der Waals surface area contributed by atoms with Crippen molar-refractivity contribution in [1.29, 1.82) is 0 Å². The Bertz CT molecular complexity index is 842. The second-order valence-corrected chi connectivity index (χ2v) is 4.82. The standard InChI is InChI=1S/C15H12ClN3O/c1-2-19-15(20)14-12(7-4-8-17-14)13(18-19)10-5-3-6-11(16)9-10/h3-9H,2H2,1H3. The molecular weight excluding hydrogens is 274 g/mol. The van der Waals surface area contributed by atoms with E-state index in [1.165, 1.54) is 4.68 Å². The average Bonchev–Trinajstić information content (AvgIpc) is 2.48. The summed E-state index contributed by atoms with van der Waals surface area (Å²) in [4.78, 5) is 16.4. The summed E-state index contributed by atoms with van der Waals surface area (Å²) in [5.74, 6) is 0. The van der Waals surface area contributed by atoms with Gasteiger partial charge >= 0.3 is 0 Å². The minimum atomic E-state index is -0.172. The lowest BCUT2D eigenvalue weighted by Gasteiger charge is -2.09. The average molecular weight is 286 g/mol. The maximum Gasteiger partial charge on any atom is 0.293 e. The number of rotatable bonds is 2. The molecule has 100 valence electrons. The molecule has 0 aliphatic rings. The van der Waals surface area contributed by atoms with Crippen LogP contribution in [0.25, 0.3) is 22.2 Å². The maximum atomic E-state index is 12.2. The largest absolute Gasteiger partial charge is 0.293 e. The predicted molar refractivity (Wildman–Crippen MR) is 79.9 cm³/mol. The molecule has 4 nitrogen and oxygen atoms in total. The van der Waals surface area contributed by atoms with Crippen LogP contribution in [-0.4, -0.2) is 14.8 Å². The molecule has 0 aliphatic heterocycles. The lowest BCUT2D eigenvalue weighted by Crippen LogP contribution is -2.23. The van der Waals surface area contributed by atoms with Crippen molar-refractivity contribution in [2.24, 2.45) is 0 Å². The molecule has 0 N–H and O–H groups in total. The first kappa shape index (κ1) is 12.8. The van der Waals surface area contributed by atoms with Gasteiger partial charge in [0.05, 0.1) is 0 Å². The highest BCUT2D eigenvalue weighted by Crippen LogP contribution is 2.25. The van der Waals surface area contributed by atoms with Crippen LogP contribution in [0.3, 0.4) is 0 Å². The molecule has 0 fully saturated rings. The highest BCUT2D eigenvalue weighted by Gasteiger charge is 2.12. The Kier molecular flexibility index (Phi) is 3.24. The van der Waals surface area contributed by atoms with Gasteiger partial charge in [0.1, 0.15) is 11.2 Å². The van der Waals surface area contributed by atoms with Crippen molar-refractivity contribution >= 4 is 22.5 Å². The Morgan fingerprint density at radius 2 is 2.10 bits per heavy atom. The van der Waals surface area contributed by atoms with Gasteiger partial charge in [-0.1, -0.05) is 23.7 Å². The van der Waals surface area contributed by atoms with Crippen LogP contribution in [0.5, 0.6) is 0 Å². The zero-order chi connectivity index (χ0) is 14.1. The minimum Gasteiger partial charge on any atom is -0.265 e. The highest BCUT2D eigenvalue weighted by atomic mass is 35.5. The molecule has 1 aromatic carbocycles. The Morgan fingerprint density at radius 3 is 2.85 bits per heavy atom. The first-order valence-corrected chi connectivity index (χ1v) is 6.70. The van der Waals surface area contributed by atoms with Crippen molar-refractivity contribution in [3.05, 3.63) is 58.0 Å². The zero-order valence-corrected chi connectivity index (χ0v) is 11.6. The summed E-state index contributed by atoms with van der Waals surface area (Å²) in [7, 11) is 0. The fourth-order valence-electron chi connectivity index (χ4n) is 2.17. The van der Waals surface area contributed by atoms with Gasteiger partial charge in [-0.15, -0.1) is 0 Å². The molecule has 2 heterocycles. The van der Waals surface area contributed by atoms with E-state index < -0.39 is 0 Å². The van der Waals surface area contributed by atoms with Crippen molar-refractivity contribution in [2.75, 3.05) is 0 Å². The van der Waals surface area contributed by atoms with Crippen LogP contribution >= 0.6 is 11.6 Å². The van der Waals surface area contributed by atoms with E-state index in [2.05, 4.69) is 10.1 Å². The quantitative estimate of drug-likeness (QED) is 0.727. The van der Waals surface area contributed by atoms with Crippen molar-refractivity contribution < 1.29 is 0 Å². The van der Waals surface area contributed by atoms with Crippen molar-refractivity contribution in [1.82, 2.24) is 14.8 Å². The molecule has 0 spiro atoms. The topological polar surface area (TPSA) is 47.8 Å². The lowest BCUT2D eigenvalue weighted by atomic mass is 10.1. The summed E-state index contributed by atoms with van der Waals surface area (Å²) in [5.41, 5.74) is 1.85. The van der Waals surface area contributed by atoms with E-state index in [0.29, 0.717) is 17.1 Å². The number of fused-ring (bicyclic) bond motifs is 1. The molecule has 0 saturated carbocycles. The van der Waals surface area contributed by atoms with Crippen LogP contribution in [0.15, 0.2) is 47.4 Å². The summed E-state index contributed by atoms with van der Waals surface area (Å²) in [5, 5.41) is 5.81. The maximum absolute atomic E-state index is 12.2. The Hall–Kier alpha value is -2.20. The monoisotopic (exact) mass is 285 g/mol. The van der Waals surface area contributed by atoms with E-state index in [9.17, 15) is 4.79 Å². The molecule has 5 heteroatoms. The van der Waals surface area contributed by atoms with Gasteiger partial charge in [-0.25, -0.2) is 4.68 Å². The number of pyridine rings is 1. The lowest BCUT2D eigenvalue weighted by molar-refractivity contribution is 0.625. The first-order chi connectivity index (χ1) is 9.70. The van der Waals surface area contributed by atoms with E-state index in [4.69, 9.17) is 11.6 Å². The zero-order valence-electron chi connectivity index (χ0n) is 10.9. The van der Waals surface area contributed by atoms with Crippen molar-refractivity contribution in [3.63, 3.8) is 0 Å². The van der Waals surface area contributed by atoms with E-state index in [0.717, 1.165) is 16.6 Å². The Balaban J connectivity index is 2.41. The Morgan fingerprint density at radius 1 is 1.25 bits per heavy atom. The van der Waals surface area contributed by atoms with E-state index >= 15 is 0 Å². The van der Waals surface area contributed by atoms with Crippen LogP contribution in [0.1, 0.15) is 6.92 Å². The van der Waals surface area contributed by atoms with Crippen molar-refractivity contribution in [2.45, 2.75) is 13.5 Å². The molecule has 20 heavy (non-hydrogen) atoms. The molecule has 0 unspecified atom stereocenters. The normalized spacial score (nSPS) is 10.9. The second kappa shape index (κ2) is 5.06. The van der Waals surface area contributed by atoms with Gasteiger partial charge in [0, 0.05) is 28.7 Å². The van der Waals surface area contributed by atoms with E-state index in [1.54, 1.807) is 18.3 Å². The van der Waals surface area contributed by atoms with Gasteiger partial charge in [-0.05, 0) is 31.2 Å². The third-order valence-corrected chi connectivity index (χ3v) is 3.35. The summed E-state index contributed by atoms with van der Waals surface area (Å²) in [6.07, 6.45) is 1.62. The number of aryl methyl sites for hydroxylation is 1. The van der Waals surface area contributed by atoms with Gasteiger partial charge in [-0.2, -0.15) is 5.10 Å². The number of benzene rings is 1. The number of nitrogens with zero attached hydrogens (tertiary/aromatic N) is 3. The number of aromatic nitrogens is 3. The van der Waals surface area contributed by atoms with Gasteiger partial charge in [-0.3, -0.25) is 9.78 Å². The molecule has 0 amide bonds. The first-order valence-electron chi connectivity index (χ1n) is 6.32. The van der Waals surface area contributed by atoms with Gasteiger partial charge < -0.3 is 0 Å². The van der Waals surface area contributed by atoms with Crippen molar-refractivity contribution in [3.8, 4) is 11.3 Å². The molecule has 0 saturated heterocycles. The molecule has 0 radical (unpaired) electrons. The van der Waals surface area contributed by atoms with Crippen LogP contribution < -0.4 is 5.56 Å². The van der Waals surface area contributed by atoms with Crippen LogP contribution in [0.2, 0.25) is 5.02 Å².